The van der Waals surface area contributed by atoms with E-state index in [1.807, 2.05) is 0 Å². The Morgan fingerprint density at radius 2 is 1.37 bits per heavy atom. The maximum absolute atomic E-state index is 11.4. The molecule has 0 aliphatic heterocycles. The van der Waals surface area contributed by atoms with Crippen LogP contribution in [-0.2, 0) is 20.8 Å². The van der Waals surface area contributed by atoms with Crippen molar-refractivity contribution in [2.45, 2.75) is 89.9 Å². The van der Waals surface area contributed by atoms with Crippen molar-refractivity contribution in [1.29, 1.82) is 0 Å². The highest BCUT2D eigenvalue weighted by Crippen LogP contribution is 2.26. The Hall–Kier alpha value is -3.40. The fourth-order valence-electron chi connectivity index (χ4n) is 4.29. The second-order valence-electron chi connectivity index (χ2n) is 9.69. The van der Waals surface area contributed by atoms with E-state index >= 15 is 0 Å². The third kappa shape index (κ3) is 15.7. The lowest BCUT2D eigenvalue weighted by atomic mass is 9.89. The van der Waals surface area contributed by atoms with Gasteiger partial charge >= 0.3 is 5.97 Å². The molecule has 1 N–H and O–H groups in total. The summed E-state index contributed by atoms with van der Waals surface area (Å²) >= 11 is 0. The summed E-state index contributed by atoms with van der Waals surface area (Å²) < 4.78 is 0. The minimum Gasteiger partial charge on any atom is -0.341 e. The molecule has 0 fully saturated rings. The molecule has 0 aliphatic carbocycles. The van der Waals surface area contributed by atoms with Gasteiger partial charge in [0.15, 0.2) is 0 Å². The van der Waals surface area contributed by atoms with E-state index in [4.69, 9.17) is 0 Å². The molecule has 0 bridgehead atoms. The second kappa shape index (κ2) is 20.6. The molecule has 204 valence electrons. The van der Waals surface area contributed by atoms with Crippen LogP contribution in [0.25, 0.3) is 0 Å². The SMILES string of the molecule is CC(=O)NOC(=O)CCCCCCC/C=C\C/C=C\C/C=C\CC(CCc1ccccc1)c1ccccc1. The van der Waals surface area contributed by atoms with E-state index in [-0.39, 0.29) is 11.9 Å². The summed E-state index contributed by atoms with van der Waals surface area (Å²) in [5, 5.41) is 0. The first-order valence-corrected chi connectivity index (χ1v) is 14.1. The van der Waals surface area contributed by atoms with E-state index in [1.54, 1.807) is 0 Å². The summed E-state index contributed by atoms with van der Waals surface area (Å²) in [6.07, 6.45) is 25.6. The third-order valence-corrected chi connectivity index (χ3v) is 6.42. The van der Waals surface area contributed by atoms with E-state index in [0.717, 1.165) is 57.8 Å². The van der Waals surface area contributed by atoms with Crippen molar-refractivity contribution in [2.75, 3.05) is 0 Å². The molecule has 2 aromatic carbocycles. The van der Waals surface area contributed by atoms with Crippen LogP contribution in [0.1, 0.15) is 94.6 Å². The Labute approximate surface area is 229 Å². The zero-order valence-electron chi connectivity index (χ0n) is 23.0. The first-order valence-electron chi connectivity index (χ1n) is 14.1. The zero-order valence-corrected chi connectivity index (χ0v) is 23.0. The van der Waals surface area contributed by atoms with Crippen LogP contribution in [0.4, 0.5) is 0 Å². The van der Waals surface area contributed by atoms with Gasteiger partial charge in [-0.2, -0.15) is 5.48 Å². The fraction of sp³-hybridized carbons (Fsp3) is 0.412. The van der Waals surface area contributed by atoms with Crippen LogP contribution in [-0.4, -0.2) is 11.9 Å². The summed E-state index contributed by atoms with van der Waals surface area (Å²) in [4.78, 5) is 26.7. The van der Waals surface area contributed by atoms with Gasteiger partial charge in [0.2, 0.25) is 5.91 Å². The minimum absolute atomic E-state index is 0.351. The lowest BCUT2D eigenvalue weighted by Gasteiger charge is -2.15. The number of rotatable bonds is 18. The lowest BCUT2D eigenvalue weighted by Crippen LogP contribution is -2.24. The highest BCUT2D eigenvalue weighted by atomic mass is 16.7. The van der Waals surface area contributed by atoms with Crippen molar-refractivity contribution in [3.63, 3.8) is 0 Å². The highest BCUT2D eigenvalue weighted by molar-refractivity contribution is 5.75. The van der Waals surface area contributed by atoms with Crippen LogP contribution in [0.3, 0.4) is 0 Å². The molecule has 4 nitrogen and oxygen atoms in total. The van der Waals surface area contributed by atoms with Gasteiger partial charge in [-0.25, -0.2) is 4.79 Å². The van der Waals surface area contributed by atoms with Gasteiger partial charge in [-0.1, -0.05) is 116 Å². The molecule has 0 saturated carbocycles. The number of aryl methyl sites for hydroxylation is 1. The summed E-state index contributed by atoms with van der Waals surface area (Å²) in [6.45, 7) is 1.31. The third-order valence-electron chi connectivity index (χ3n) is 6.42. The number of allylic oxidation sites excluding steroid dienone is 6. The van der Waals surface area contributed by atoms with Gasteiger partial charge in [-0.3, -0.25) is 4.79 Å². The maximum atomic E-state index is 11.4. The van der Waals surface area contributed by atoms with Crippen LogP contribution in [0.5, 0.6) is 0 Å². The summed E-state index contributed by atoms with van der Waals surface area (Å²) in [5.41, 5.74) is 4.90. The Bertz CT molecular complexity index is 979. The van der Waals surface area contributed by atoms with Crippen molar-refractivity contribution in [3.05, 3.63) is 108 Å². The van der Waals surface area contributed by atoms with Gasteiger partial charge < -0.3 is 4.84 Å². The van der Waals surface area contributed by atoms with E-state index in [1.165, 1.54) is 30.9 Å². The maximum Gasteiger partial charge on any atom is 0.332 e. The van der Waals surface area contributed by atoms with Crippen molar-refractivity contribution >= 4 is 11.9 Å². The first kappa shape index (κ1) is 30.8. The smallest absolute Gasteiger partial charge is 0.332 e. The molecule has 1 atom stereocenters. The molecule has 4 heteroatoms. The van der Waals surface area contributed by atoms with Crippen molar-refractivity contribution in [2.24, 2.45) is 0 Å². The molecule has 1 unspecified atom stereocenters. The van der Waals surface area contributed by atoms with Crippen molar-refractivity contribution < 1.29 is 14.4 Å². The Kier molecular flexibility index (Phi) is 16.7. The summed E-state index contributed by atoms with van der Waals surface area (Å²) in [7, 11) is 0. The Morgan fingerprint density at radius 3 is 2.08 bits per heavy atom. The molecule has 0 radical (unpaired) electrons. The normalized spacial score (nSPS) is 12.3. The van der Waals surface area contributed by atoms with Gasteiger partial charge in [0.05, 0.1) is 0 Å². The van der Waals surface area contributed by atoms with Gasteiger partial charge in [-0.05, 0) is 68.4 Å². The molecule has 38 heavy (non-hydrogen) atoms. The standard InChI is InChI=1S/C34H45NO3/c1-30(36)35-38-34(37)27-21-13-11-9-7-5-3-2-4-6-8-10-12-18-26-33(32-24-19-15-20-25-32)29-28-31-22-16-14-17-23-31/h2-3,6,8,12,14-20,22-25,33H,4-5,7,9-11,13,21,26-29H2,1H3,(H,35,36)/b3-2-,8-6-,18-12-. The van der Waals surface area contributed by atoms with E-state index in [0.29, 0.717) is 12.3 Å². The number of benzene rings is 2. The number of carbonyl (C=O) groups is 2. The molecule has 2 aromatic rings. The topological polar surface area (TPSA) is 55.4 Å². The van der Waals surface area contributed by atoms with Crippen molar-refractivity contribution in [1.82, 2.24) is 5.48 Å². The molecule has 0 heterocycles. The number of hydrogen-bond donors (Lipinski definition) is 1. The zero-order chi connectivity index (χ0) is 27.1. The predicted molar refractivity (Wildman–Crippen MR) is 157 cm³/mol. The molecule has 1 amide bonds. The molecule has 0 aromatic heterocycles. The van der Waals surface area contributed by atoms with Gasteiger partial charge in [0.1, 0.15) is 0 Å². The Morgan fingerprint density at radius 1 is 0.763 bits per heavy atom. The monoisotopic (exact) mass is 515 g/mol. The number of carbonyl (C=O) groups excluding carboxylic acids is 2. The predicted octanol–water partition coefficient (Wildman–Crippen LogP) is 8.57. The molecule has 0 saturated heterocycles. The van der Waals surface area contributed by atoms with E-state index < -0.39 is 0 Å². The molecule has 0 spiro atoms. The largest absolute Gasteiger partial charge is 0.341 e. The van der Waals surface area contributed by atoms with Gasteiger partial charge in [0.25, 0.3) is 0 Å². The van der Waals surface area contributed by atoms with E-state index in [9.17, 15) is 9.59 Å². The molecular formula is C34H45NO3. The number of hydrogen-bond acceptors (Lipinski definition) is 3. The number of unbranched alkanes of at least 4 members (excludes halogenated alkanes) is 5. The lowest BCUT2D eigenvalue weighted by molar-refractivity contribution is -0.157. The average Bonchev–Trinajstić information content (AvgIpc) is 2.94. The number of hydroxylamine groups is 1. The van der Waals surface area contributed by atoms with Crippen molar-refractivity contribution in [3.8, 4) is 0 Å². The van der Waals surface area contributed by atoms with Crippen LogP contribution in [0, 0.1) is 0 Å². The summed E-state index contributed by atoms with van der Waals surface area (Å²) in [5.74, 6) is -0.190. The highest BCUT2D eigenvalue weighted by Gasteiger charge is 2.10. The number of nitrogens with one attached hydrogen (secondary N) is 1. The van der Waals surface area contributed by atoms with Gasteiger partial charge in [-0.15, -0.1) is 0 Å². The molecule has 0 aliphatic rings. The molecular weight excluding hydrogens is 470 g/mol. The second-order valence-corrected chi connectivity index (χ2v) is 9.69. The van der Waals surface area contributed by atoms with Crippen LogP contribution in [0.15, 0.2) is 97.1 Å². The quantitative estimate of drug-likeness (QED) is 0.123. The van der Waals surface area contributed by atoms with Crippen LogP contribution < -0.4 is 5.48 Å². The first-order chi connectivity index (χ1) is 18.6. The minimum atomic E-state index is -0.373. The van der Waals surface area contributed by atoms with Gasteiger partial charge in [0, 0.05) is 13.3 Å². The molecule has 2 rings (SSSR count). The average molecular weight is 516 g/mol. The number of amides is 1. The van der Waals surface area contributed by atoms with Crippen LogP contribution >= 0.6 is 0 Å². The Balaban J connectivity index is 1.52. The fourth-order valence-corrected chi connectivity index (χ4v) is 4.29. The van der Waals surface area contributed by atoms with Crippen LogP contribution in [0.2, 0.25) is 0 Å². The van der Waals surface area contributed by atoms with E-state index in [2.05, 4.69) is 107 Å². The summed E-state index contributed by atoms with van der Waals surface area (Å²) in [6, 6.07) is 21.7.